The van der Waals surface area contributed by atoms with Gasteiger partial charge in [-0.05, 0) is 83.5 Å². The van der Waals surface area contributed by atoms with Crippen LogP contribution in [-0.4, -0.2) is 37.0 Å². The number of amides is 2. The maximum absolute atomic E-state index is 12.3. The van der Waals surface area contributed by atoms with Crippen molar-refractivity contribution in [3.8, 4) is 0 Å². The topological polar surface area (TPSA) is 110 Å². The van der Waals surface area contributed by atoms with Crippen LogP contribution in [0.15, 0.2) is 24.3 Å². The lowest BCUT2D eigenvalue weighted by Gasteiger charge is -2.15. The molecule has 6 N–H and O–H groups in total. The van der Waals surface area contributed by atoms with Crippen LogP contribution in [0, 0.1) is 0 Å². The fourth-order valence-electron chi connectivity index (χ4n) is 6.25. The van der Waals surface area contributed by atoms with Gasteiger partial charge in [0.15, 0.2) is 0 Å². The molecule has 0 aromatic carbocycles. The SMILES string of the molecule is CCCCCCCC/C=C\CCCCCCCCNC(=O)C(N)CCCC(N)C(=O)NCCCCCCCC/C=C\CCCCCCCC. The number of unbranched alkanes of at least 4 members (excludes halogenated alkanes) is 24. The van der Waals surface area contributed by atoms with Crippen molar-refractivity contribution in [3.05, 3.63) is 24.3 Å². The molecule has 2 amide bonds. The highest BCUT2D eigenvalue weighted by Gasteiger charge is 2.16. The Morgan fingerprint density at radius 2 is 0.673 bits per heavy atom. The highest BCUT2D eigenvalue weighted by molar-refractivity contribution is 5.82. The van der Waals surface area contributed by atoms with E-state index in [0.29, 0.717) is 32.4 Å². The Morgan fingerprint density at radius 3 is 0.980 bits per heavy atom. The van der Waals surface area contributed by atoms with Crippen molar-refractivity contribution in [2.75, 3.05) is 13.1 Å². The largest absolute Gasteiger partial charge is 0.355 e. The third-order valence-corrected chi connectivity index (χ3v) is 9.68. The van der Waals surface area contributed by atoms with E-state index in [4.69, 9.17) is 11.5 Å². The number of hydrogen-bond donors (Lipinski definition) is 4. The molecule has 0 saturated carbocycles. The summed E-state index contributed by atoms with van der Waals surface area (Å²) in [7, 11) is 0. The second-order valence-electron chi connectivity index (χ2n) is 14.6. The number of nitrogens with two attached hydrogens (primary N) is 2. The summed E-state index contributed by atoms with van der Waals surface area (Å²) < 4.78 is 0. The first-order valence-electron chi connectivity index (χ1n) is 21.4. The van der Waals surface area contributed by atoms with Gasteiger partial charge < -0.3 is 22.1 Å². The molecular formula is C43H84N4O2. The molecule has 0 aromatic heterocycles. The Hall–Kier alpha value is -1.66. The second-order valence-corrected chi connectivity index (χ2v) is 14.6. The van der Waals surface area contributed by atoms with Gasteiger partial charge in [0.2, 0.25) is 11.8 Å². The van der Waals surface area contributed by atoms with Crippen molar-refractivity contribution in [2.45, 2.75) is 225 Å². The molecule has 0 aliphatic carbocycles. The summed E-state index contributed by atoms with van der Waals surface area (Å²) in [5, 5.41) is 5.96. The molecule has 0 spiro atoms. The molecule has 2 atom stereocenters. The summed E-state index contributed by atoms with van der Waals surface area (Å²) in [6.45, 7) is 5.91. The first kappa shape index (κ1) is 47.3. The molecule has 6 nitrogen and oxygen atoms in total. The van der Waals surface area contributed by atoms with Gasteiger partial charge in [0.25, 0.3) is 0 Å². The minimum atomic E-state index is -0.537. The maximum atomic E-state index is 12.3. The molecule has 0 fully saturated rings. The number of hydrogen-bond acceptors (Lipinski definition) is 4. The van der Waals surface area contributed by atoms with Gasteiger partial charge in [-0.15, -0.1) is 0 Å². The van der Waals surface area contributed by atoms with Crippen LogP contribution in [0.2, 0.25) is 0 Å². The molecule has 0 radical (unpaired) electrons. The zero-order chi connectivity index (χ0) is 35.9. The predicted molar refractivity (Wildman–Crippen MR) is 215 cm³/mol. The van der Waals surface area contributed by atoms with E-state index < -0.39 is 12.1 Å². The summed E-state index contributed by atoms with van der Waals surface area (Å²) >= 11 is 0. The maximum Gasteiger partial charge on any atom is 0.236 e. The molecule has 49 heavy (non-hydrogen) atoms. The lowest BCUT2D eigenvalue weighted by atomic mass is 10.0. The molecular weight excluding hydrogens is 604 g/mol. The average Bonchev–Trinajstić information content (AvgIpc) is 3.10. The van der Waals surface area contributed by atoms with Crippen LogP contribution in [0.25, 0.3) is 0 Å². The highest BCUT2D eigenvalue weighted by Crippen LogP contribution is 2.12. The number of carbonyl (C=O) groups is 2. The van der Waals surface area contributed by atoms with E-state index in [9.17, 15) is 9.59 Å². The summed E-state index contributed by atoms with van der Waals surface area (Å²) in [6.07, 6.45) is 47.0. The average molecular weight is 689 g/mol. The zero-order valence-electron chi connectivity index (χ0n) is 32.8. The standard InChI is InChI=1S/C43H84N4O2/c1-3-5-7-9-11-13-15-17-19-21-23-25-27-29-31-33-38-46-42(48)40(44)36-35-37-41(45)43(49)47-39-34-32-30-28-26-24-22-20-18-16-14-12-10-8-6-4-2/h17-20,40-41H,3-16,21-39,44-45H2,1-2H3,(H,46,48)(H,47,49)/b19-17-,20-18-. The third kappa shape index (κ3) is 36.0. The van der Waals surface area contributed by atoms with Crippen LogP contribution in [-0.2, 0) is 9.59 Å². The van der Waals surface area contributed by atoms with E-state index in [0.717, 1.165) is 25.7 Å². The van der Waals surface area contributed by atoms with Gasteiger partial charge in [-0.1, -0.05) is 154 Å². The van der Waals surface area contributed by atoms with Crippen molar-refractivity contribution in [1.29, 1.82) is 0 Å². The predicted octanol–water partition coefficient (Wildman–Crippen LogP) is 11.1. The van der Waals surface area contributed by atoms with Crippen LogP contribution >= 0.6 is 0 Å². The van der Waals surface area contributed by atoms with Crippen molar-refractivity contribution >= 4 is 11.8 Å². The zero-order valence-corrected chi connectivity index (χ0v) is 32.8. The highest BCUT2D eigenvalue weighted by atomic mass is 16.2. The van der Waals surface area contributed by atoms with Crippen molar-refractivity contribution < 1.29 is 9.59 Å². The second kappa shape index (κ2) is 39.1. The van der Waals surface area contributed by atoms with Crippen LogP contribution in [0.1, 0.15) is 213 Å². The quantitative estimate of drug-likeness (QED) is 0.0382. The van der Waals surface area contributed by atoms with E-state index in [-0.39, 0.29) is 11.8 Å². The smallest absolute Gasteiger partial charge is 0.236 e. The van der Waals surface area contributed by atoms with Gasteiger partial charge in [-0.25, -0.2) is 0 Å². The summed E-state index contributed by atoms with van der Waals surface area (Å²) in [5.41, 5.74) is 12.2. The number of rotatable bonds is 38. The molecule has 6 heteroatoms. The van der Waals surface area contributed by atoms with Gasteiger partial charge in [0.1, 0.15) is 0 Å². The molecule has 0 bridgehead atoms. The molecule has 0 saturated heterocycles. The van der Waals surface area contributed by atoms with Gasteiger partial charge in [-0.3, -0.25) is 9.59 Å². The molecule has 0 rings (SSSR count). The monoisotopic (exact) mass is 689 g/mol. The van der Waals surface area contributed by atoms with Crippen LogP contribution in [0.5, 0.6) is 0 Å². The van der Waals surface area contributed by atoms with Crippen molar-refractivity contribution in [1.82, 2.24) is 10.6 Å². The first-order chi connectivity index (χ1) is 24.0. The molecule has 0 aliphatic heterocycles. The fraction of sp³-hybridized carbons (Fsp3) is 0.860. The van der Waals surface area contributed by atoms with E-state index >= 15 is 0 Å². The third-order valence-electron chi connectivity index (χ3n) is 9.68. The van der Waals surface area contributed by atoms with Gasteiger partial charge in [-0.2, -0.15) is 0 Å². The van der Waals surface area contributed by atoms with Crippen LogP contribution in [0.4, 0.5) is 0 Å². The Kier molecular flexibility index (Phi) is 37.8. The van der Waals surface area contributed by atoms with E-state index in [1.807, 2.05) is 0 Å². The fourth-order valence-corrected chi connectivity index (χ4v) is 6.25. The Balaban J connectivity index is 3.53. The molecule has 288 valence electrons. The Morgan fingerprint density at radius 1 is 0.408 bits per heavy atom. The van der Waals surface area contributed by atoms with Gasteiger partial charge in [0.05, 0.1) is 12.1 Å². The normalized spacial score (nSPS) is 13.0. The number of allylic oxidation sites excluding steroid dienone is 4. The van der Waals surface area contributed by atoms with Gasteiger partial charge in [0, 0.05) is 13.1 Å². The Bertz CT molecular complexity index is 707. The van der Waals surface area contributed by atoms with E-state index in [1.165, 1.54) is 154 Å². The molecule has 2 unspecified atom stereocenters. The summed E-state index contributed by atoms with van der Waals surface area (Å²) in [6, 6.07) is -1.07. The van der Waals surface area contributed by atoms with Crippen molar-refractivity contribution in [2.24, 2.45) is 11.5 Å². The summed E-state index contributed by atoms with van der Waals surface area (Å²) in [4.78, 5) is 24.7. The number of carbonyl (C=O) groups excluding carboxylic acids is 2. The first-order valence-corrected chi connectivity index (χ1v) is 21.4. The van der Waals surface area contributed by atoms with Crippen molar-refractivity contribution in [3.63, 3.8) is 0 Å². The lowest BCUT2D eigenvalue weighted by Crippen LogP contribution is -2.42. The van der Waals surface area contributed by atoms with Gasteiger partial charge >= 0.3 is 0 Å². The molecule has 0 aromatic rings. The van der Waals surface area contributed by atoms with E-state index in [2.05, 4.69) is 48.8 Å². The molecule has 0 heterocycles. The molecule has 0 aliphatic rings. The minimum Gasteiger partial charge on any atom is -0.355 e. The summed E-state index contributed by atoms with van der Waals surface area (Å²) in [5.74, 6) is -0.184. The Labute approximate surface area is 305 Å². The van der Waals surface area contributed by atoms with Crippen LogP contribution in [0.3, 0.4) is 0 Å². The lowest BCUT2D eigenvalue weighted by molar-refractivity contribution is -0.122. The number of nitrogens with one attached hydrogen (secondary N) is 2. The minimum absolute atomic E-state index is 0.0919. The van der Waals surface area contributed by atoms with Crippen LogP contribution < -0.4 is 22.1 Å². The van der Waals surface area contributed by atoms with E-state index in [1.54, 1.807) is 0 Å².